The third kappa shape index (κ3) is 4.79. The number of furan rings is 1. The molecule has 35 heavy (non-hydrogen) atoms. The summed E-state index contributed by atoms with van der Waals surface area (Å²) in [5.74, 6) is 2.52. The number of carbonyl (C=O) groups is 1. The average molecular weight is 486 g/mol. The summed E-state index contributed by atoms with van der Waals surface area (Å²) in [6, 6.07) is 18.4. The van der Waals surface area contributed by atoms with Gasteiger partial charge in [0.25, 0.3) is 5.56 Å². The van der Waals surface area contributed by atoms with Crippen LogP contribution >= 0.6 is 11.3 Å². The third-order valence-corrected chi connectivity index (χ3v) is 6.50. The molecule has 0 fully saturated rings. The smallest absolute Gasteiger partial charge is 0.291 e. The number of Topliss-reactive ketones (excluding diaryl/α,β-unsaturated/α-hetero) is 1. The second kappa shape index (κ2) is 9.68. The highest BCUT2D eigenvalue weighted by Gasteiger charge is 2.13. The van der Waals surface area contributed by atoms with Crippen LogP contribution in [0.5, 0.6) is 5.75 Å². The van der Waals surface area contributed by atoms with Crippen molar-refractivity contribution in [2.45, 2.75) is 26.7 Å². The lowest BCUT2D eigenvalue weighted by molar-refractivity contribution is 0.101. The normalized spacial score (nSPS) is 11.9. The van der Waals surface area contributed by atoms with E-state index in [-0.39, 0.29) is 11.3 Å². The van der Waals surface area contributed by atoms with Gasteiger partial charge in [-0.05, 0) is 49.7 Å². The van der Waals surface area contributed by atoms with Gasteiger partial charge in [0.2, 0.25) is 4.96 Å². The van der Waals surface area contributed by atoms with Crippen molar-refractivity contribution in [2.75, 3.05) is 6.61 Å². The molecule has 0 unspecified atom stereocenters. The standard InChI is InChI=1S/C27H23N3O4S/c1-3-4-15-33-21-11-9-20(10-12-21)25-28-27-30(29-25)26(32)24(35-27)16-22-13-14-23(34-22)19-7-5-18(6-8-19)17(2)31/h5-14,16H,3-4,15H2,1-2H3. The molecule has 0 aliphatic carbocycles. The van der Waals surface area contributed by atoms with E-state index in [4.69, 9.17) is 9.15 Å². The Hall–Kier alpha value is -4.04. The van der Waals surface area contributed by atoms with Crippen LogP contribution in [0.2, 0.25) is 0 Å². The first-order chi connectivity index (χ1) is 17.0. The Bertz CT molecular complexity index is 1600. The highest BCUT2D eigenvalue weighted by Crippen LogP contribution is 2.24. The molecule has 5 aromatic rings. The minimum atomic E-state index is -0.243. The maximum atomic E-state index is 12.9. The van der Waals surface area contributed by atoms with Crippen molar-refractivity contribution in [3.63, 3.8) is 0 Å². The Morgan fingerprint density at radius 3 is 2.49 bits per heavy atom. The lowest BCUT2D eigenvalue weighted by atomic mass is 10.1. The van der Waals surface area contributed by atoms with Crippen LogP contribution < -0.4 is 14.8 Å². The number of hydrogen-bond donors (Lipinski definition) is 0. The molecule has 0 atom stereocenters. The average Bonchev–Trinajstić information content (AvgIpc) is 3.57. The lowest BCUT2D eigenvalue weighted by Crippen LogP contribution is -2.23. The van der Waals surface area contributed by atoms with Crippen LogP contribution in [0.3, 0.4) is 0 Å². The van der Waals surface area contributed by atoms with E-state index in [1.54, 1.807) is 24.3 Å². The first kappa shape index (κ1) is 22.7. The Labute approximate surface area is 205 Å². The predicted octanol–water partition coefficient (Wildman–Crippen LogP) is 5.01. The van der Waals surface area contributed by atoms with Crippen LogP contribution in [0.4, 0.5) is 0 Å². The largest absolute Gasteiger partial charge is 0.494 e. The number of fused-ring (bicyclic) bond motifs is 1. The maximum absolute atomic E-state index is 12.9. The molecule has 0 bridgehead atoms. The van der Waals surface area contributed by atoms with Gasteiger partial charge < -0.3 is 9.15 Å². The molecule has 5 rings (SSSR count). The number of carbonyl (C=O) groups excluding carboxylic acids is 1. The second-order valence-corrected chi connectivity index (χ2v) is 9.12. The van der Waals surface area contributed by atoms with Crippen LogP contribution in [0.1, 0.15) is 42.8 Å². The summed E-state index contributed by atoms with van der Waals surface area (Å²) in [6.07, 6.45) is 3.79. The van der Waals surface area contributed by atoms with Crippen LogP contribution in [0.25, 0.3) is 33.7 Å². The number of thiazole rings is 1. The summed E-state index contributed by atoms with van der Waals surface area (Å²) in [5, 5.41) is 4.41. The zero-order valence-electron chi connectivity index (χ0n) is 19.4. The second-order valence-electron chi connectivity index (χ2n) is 8.11. The molecule has 0 amide bonds. The van der Waals surface area contributed by atoms with E-state index in [0.717, 1.165) is 29.7 Å². The summed E-state index contributed by atoms with van der Waals surface area (Å²) in [5.41, 5.74) is 2.08. The van der Waals surface area contributed by atoms with Gasteiger partial charge in [0.05, 0.1) is 6.61 Å². The minimum Gasteiger partial charge on any atom is -0.494 e. The van der Waals surface area contributed by atoms with Crippen molar-refractivity contribution in [1.29, 1.82) is 0 Å². The van der Waals surface area contributed by atoms with Crippen LogP contribution in [0, 0.1) is 0 Å². The first-order valence-corrected chi connectivity index (χ1v) is 12.2. The van der Waals surface area contributed by atoms with Crippen LogP contribution in [0.15, 0.2) is 69.9 Å². The third-order valence-electron chi connectivity index (χ3n) is 5.54. The lowest BCUT2D eigenvalue weighted by Gasteiger charge is -2.05. The topological polar surface area (TPSA) is 86.7 Å². The van der Waals surface area contributed by atoms with Gasteiger partial charge in [0.1, 0.15) is 21.8 Å². The number of aromatic nitrogens is 3. The summed E-state index contributed by atoms with van der Waals surface area (Å²) in [6.45, 7) is 4.35. The monoisotopic (exact) mass is 485 g/mol. The van der Waals surface area contributed by atoms with Crippen molar-refractivity contribution in [3.05, 3.63) is 86.9 Å². The molecule has 2 aromatic carbocycles. The molecule has 7 nitrogen and oxygen atoms in total. The highest BCUT2D eigenvalue weighted by molar-refractivity contribution is 7.15. The van der Waals surface area contributed by atoms with Crippen molar-refractivity contribution >= 4 is 28.2 Å². The maximum Gasteiger partial charge on any atom is 0.291 e. The Morgan fingerprint density at radius 2 is 1.80 bits per heavy atom. The molecule has 0 radical (unpaired) electrons. The van der Waals surface area contributed by atoms with Gasteiger partial charge in [-0.15, -0.1) is 5.10 Å². The fourth-order valence-electron chi connectivity index (χ4n) is 3.57. The van der Waals surface area contributed by atoms with Gasteiger partial charge in [-0.25, -0.2) is 0 Å². The van der Waals surface area contributed by atoms with E-state index >= 15 is 0 Å². The van der Waals surface area contributed by atoms with Crippen molar-refractivity contribution in [2.24, 2.45) is 0 Å². The van der Waals surface area contributed by atoms with Gasteiger partial charge in [0, 0.05) is 22.8 Å². The zero-order chi connectivity index (χ0) is 24.4. The van der Waals surface area contributed by atoms with E-state index in [9.17, 15) is 9.59 Å². The first-order valence-electron chi connectivity index (χ1n) is 11.4. The van der Waals surface area contributed by atoms with E-state index in [1.807, 2.05) is 42.5 Å². The number of unbranched alkanes of at least 4 members (excludes halogenated alkanes) is 1. The number of nitrogens with zero attached hydrogens (tertiary/aromatic N) is 3. The Kier molecular flexibility index (Phi) is 6.29. The summed E-state index contributed by atoms with van der Waals surface area (Å²) >= 11 is 1.26. The van der Waals surface area contributed by atoms with Crippen LogP contribution in [-0.4, -0.2) is 27.0 Å². The molecular weight excluding hydrogens is 462 g/mol. The highest BCUT2D eigenvalue weighted by atomic mass is 32.1. The summed E-state index contributed by atoms with van der Waals surface area (Å²) in [7, 11) is 0. The SMILES string of the molecule is CCCCOc1ccc(-c2nc3sc(=Cc4ccc(-c5ccc(C(C)=O)cc5)o4)c(=O)n3n2)cc1. The fraction of sp³-hybridized carbons (Fsp3) is 0.185. The van der Waals surface area contributed by atoms with Gasteiger partial charge >= 0.3 is 0 Å². The minimum absolute atomic E-state index is 0.0147. The number of ketones is 1. The molecule has 3 heterocycles. The molecule has 0 saturated heterocycles. The molecule has 176 valence electrons. The molecular formula is C27H23N3O4S. The Morgan fingerprint density at radius 1 is 1.06 bits per heavy atom. The predicted molar refractivity (Wildman–Crippen MR) is 136 cm³/mol. The molecule has 0 N–H and O–H groups in total. The van der Waals surface area contributed by atoms with Gasteiger partial charge in [-0.1, -0.05) is 48.9 Å². The van der Waals surface area contributed by atoms with Crippen LogP contribution in [-0.2, 0) is 0 Å². The van der Waals surface area contributed by atoms with Crippen molar-refractivity contribution in [3.8, 4) is 28.5 Å². The molecule has 3 aromatic heterocycles. The van der Waals surface area contributed by atoms with E-state index < -0.39 is 0 Å². The van der Waals surface area contributed by atoms with E-state index in [2.05, 4.69) is 17.0 Å². The molecule has 0 aliphatic heterocycles. The zero-order valence-corrected chi connectivity index (χ0v) is 20.2. The molecule has 0 saturated carbocycles. The summed E-state index contributed by atoms with van der Waals surface area (Å²) in [4.78, 5) is 29.4. The van der Waals surface area contributed by atoms with Gasteiger partial charge in [-0.3, -0.25) is 9.59 Å². The summed E-state index contributed by atoms with van der Waals surface area (Å²) < 4.78 is 13.4. The molecule has 0 spiro atoms. The number of hydrogen-bond acceptors (Lipinski definition) is 7. The number of ether oxygens (including phenoxy) is 1. The number of benzene rings is 2. The van der Waals surface area contributed by atoms with Crippen molar-refractivity contribution < 1.29 is 13.9 Å². The molecule has 0 aliphatic rings. The van der Waals surface area contributed by atoms with E-state index in [0.29, 0.717) is 39.0 Å². The van der Waals surface area contributed by atoms with Crippen molar-refractivity contribution in [1.82, 2.24) is 14.6 Å². The fourth-order valence-corrected chi connectivity index (χ4v) is 4.46. The number of rotatable bonds is 8. The van der Waals surface area contributed by atoms with Gasteiger partial charge in [0.15, 0.2) is 11.6 Å². The molecule has 8 heteroatoms. The van der Waals surface area contributed by atoms with Gasteiger partial charge in [-0.2, -0.15) is 9.50 Å². The quantitative estimate of drug-likeness (QED) is 0.227. The van der Waals surface area contributed by atoms with E-state index in [1.165, 1.54) is 22.8 Å². The Balaban J connectivity index is 1.37.